The van der Waals surface area contributed by atoms with Crippen molar-refractivity contribution in [2.24, 2.45) is 11.3 Å². The number of aromatic nitrogens is 1. The van der Waals surface area contributed by atoms with E-state index in [2.05, 4.69) is 36.6 Å². The Labute approximate surface area is 143 Å². The third-order valence-electron chi connectivity index (χ3n) is 5.28. The Morgan fingerprint density at radius 2 is 2.00 bits per heavy atom. The average Bonchev–Trinajstić information content (AvgIpc) is 2.97. The highest BCUT2D eigenvalue weighted by Gasteiger charge is 2.42. The minimum atomic E-state index is -0.314. The predicted octanol–water partition coefficient (Wildman–Crippen LogP) is 3.09. The van der Waals surface area contributed by atoms with Gasteiger partial charge in [0, 0.05) is 18.9 Å². The fourth-order valence-electron chi connectivity index (χ4n) is 3.59. The van der Waals surface area contributed by atoms with Crippen LogP contribution in [0.3, 0.4) is 0 Å². The molecule has 24 heavy (non-hydrogen) atoms. The molecule has 130 valence electrons. The van der Waals surface area contributed by atoms with Gasteiger partial charge in [0.15, 0.2) is 0 Å². The molecule has 0 atom stereocenters. The zero-order valence-corrected chi connectivity index (χ0v) is 14.8. The topological polar surface area (TPSA) is 63.2 Å². The number of nitrogens with one attached hydrogen (secondary N) is 2. The summed E-state index contributed by atoms with van der Waals surface area (Å²) in [7, 11) is 0. The molecular weight excluding hydrogens is 302 g/mol. The summed E-state index contributed by atoms with van der Waals surface area (Å²) >= 11 is 0. The molecule has 1 spiro atoms. The van der Waals surface area contributed by atoms with Crippen molar-refractivity contribution >= 4 is 5.91 Å². The second-order valence-corrected chi connectivity index (χ2v) is 8.01. The average molecular weight is 329 g/mol. The molecule has 1 saturated carbocycles. The summed E-state index contributed by atoms with van der Waals surface area (Å²) in [5.41, 5.74) is 4.42. The SMILES string of the molecule is CC(C)(C)C1CCC2(C=C(C(=O)NCc3ccncc3)NO2)CC1. The molecule has 0 saturated heterocycles. The highest BCUT2D eigenvalue weighted by Crippen LogP contribution is 2.44. The normalized spacial score (nSPS) is 26.8. The lowest BCUT2D eigenvalue weighted by atomic mass is 9.68. The first kappa shape index (κ1) is 17.0. The molecule has 2 heterocycles. The van der Waals surface area contributed by atoms with E-state index < -0.39 is 0 Å². The largest absolute Gasteiger partial charge is 0.347 e. The number of hydroxylamine groups is 1. The van der Waals surface area contributed by atoms with E-state index in [1.165, 1.54) is 0 Å². The Morgan fingerprint density at radius 1 is 1.33 bits per heavy atom. The first-order valence-corrected chi connectivity index (χ1v) is 8.72. The molecule has 1 amide bonds. The van der Waals surface area contributed by atoms with E-state index in [1.807, 2.05) is 18.2 Å². The summed E-state index contributed by atoms with van der Waals surface area (Å²) in [5, 5.41) is 2.92. The van der Waals surface area contributed by atoms with Gasteiger partial charge in [0.05, 0.1) is 0 Å². The molecule has 0 bridgehead atoms. The first-order valence-electron chi connectivity index (χ1n) is 8.72. The number of pyridine rings is 1. The first-order chi connectivity index (χ1) is 11.4. The molecule has 1 aromatic rings. The molecule has 1 aliphatic carbocycles. The van der Waals surface area contributed by atoms with Gasteiger partial charge in [0.1, 0.15) is 11.3 Å². The molecule has 0 radical (unpaired) electrons. The summed E-state index contributed by atoms with van der Waals surface area (Å²) in [6.45, 7) is 7.39. The van der Waals surface area contributed by atoms with Gasteiger partial charge in [-0.1, -0.05) is 20.8 Å². The molecule has 3 rings (SSSR count). The maximum Gasteiger partial charge on any atom is 0.269 e. The molecular formula is C19H27N3O2. The van der Waals surface area contributed by atoms with E-state index in [4.69, 9.17) is 4.84 Å². The molecule has 1 fully saturated rings. The molecule has 2 aliphatic rings. The molecule has 0 unspecified atom stereocenters. The quantitative estimate of drug-likeness (QED) is 0.894. The minimum Gasteiger partial charge on any atom is -0.347 e. The van der Waals surface area contributed by atoms with Gasteiger partial charge < -0.3 is 5.32 Å². The van der Waals surface area contributed by atoms with Gasteiger partial charge in [-0.15, -0.1) is 0 Å². The second-order valence-electron chi connectivity index (χ2n) is 8.01. The van der Waals surface area contributed by atoms with E-state index in [1.54, 1.807) is 12.4 Å². The molecule has 1 aliphatic heterocycles. The number of carbonyl (C=O) groups is 1. The van der Waals surface area contributed by atoms with Crippen molar-refractivity contribution in [1.29, 1.82) is 0 Å². The monoisotopic (exact) mass is 329 g/mol. The van der Waals surface area contributed by atoms with Gasteiger partial charge in [-0.25, -0.2) is 0 Å². The van der Waals surface area contributed by atoms with E-state index in [-0.39, 0.29) is 11.5 Å². The summed E-state index contributed by atoms with van der Waals surface area (Å²) in [5.74, 6) is 0.589. The van der Waals surface area contributed by atoms with Crippen molar-refractivity contribution in [3.8, 4) is 0 Å². The zero-order chi connectivity index (χ0) is 17.2. The van der Waals surface area contributed by atoms with Crippen LogP contribution in [0.5, 0.6) is 0 Å². The smallest absolute Gasteiger partial charge is 0.269 e. The van der Waals surface area contributed by atoms with Gasteiger partial charge in [-0.3, -0.25) is 20.1 Å². The van der Waals surface area contributed by atoms with Crippen LogP contribution in [0.25, 0.3) is 0 Å². The van der Waals surface area contributed by atoms with Crippen LogP contribution in [-0.4, -0.2) is 16.5 Å². The van der Waals surface area contributed by atoms with Gasteiger partial charge >= 0.3 is 0 Å². The second kappa shape index (κ2) is 6.55. The van der Waals surface area contributed by atoms with E-state index >= 15 is 0 Å². The molecule has 0 aromatic carbocycles. The van der Waals surface area contributed by atoms with Crippen LogP contribution in [0, 0.1) is 11.3 Å². The van der Waals surface area contributed by atoms with Crippen molar-refractivity contribution in [3.63, 3.8) is 0 Å². The predicted molar refractivity (Wildman–Crippen MR) is 92.5 cm³/mol. The lowest BCUT2D eigenvalue weighted by molar-refractivity contribution is -0.120. The minimum absolute atomic E-state index is 0.123. The van der Waals surface area contributed by atoms with Crippen LogP contribution < -0.4 is 10.8 Å². The Balaban J connectivity index is 1.57. The lowest BCUT2D eigenvalue weighted by Crippen LogP contribution is -2.37. The highest BCUT2D eigenvalue weighted by atomic mass is 16.7. The molecule has 2 N–H and O–H groups in total. The third kappa shape index (κ3) is 3.78. The summed E-state index contributed by atoms with van der Waals surface area (Å²) in [6.07, 6.45) is 9.61. The van der Waals surface area contributed by atoms with Crippen molar-refractivity contribution in [2.45, 2.75) is 58.6 Å². The van der Waals surface area contributed by atoms with Crippen LogP contribution in [0.4, 0.5) is 0 Å². The van der Waals surface area contributed by atoms with Crippen molar-refractivity contribution in [1.82, 2.24) is 15.8 Å². The van der Waals surface area contributed by atoms with Crippen molar-refractivity contribution in [3.05, 3.63) is 41.9 Å². The number of carbonyl (C=O) groups excluding carboxylic acids is 1. The maximum atomic E-state index is 12.3. The number of rotatable bonds is 3. The highest BCUT2D eigenvalue weighted by molar-refractivity contribution is 5.93. The molecule has 5 heteroatoms. The zero-order valence-electron chi connectivity index (χ0n) is 14.8. The number of amides is 1. The van der Waals surface area contributed by atoms with Gasteiger partial charge in [0.25, 0.3) is 5.91 Å². The Bertz CT molecular complexity index is 611. The number of hydrogen-bond acceptors (Lipinski definition) is 4. The van der Waals surface area contributed by atoms with Gasteiger partial charge in [0.2, 0.25) is 0 Å². The number of nitrogens with zero attached hydrogens (tertiary/aromatic N) is 1. The van der Waals surface area contributed by atoms with E-state index in [9.17, 15) is 4.79 Å². The molecule has 1 aromatic heterocycles. The Kier molecular flexibility index (Phi) is 4.63. The van der Waals surface area contributed by atoms with E-state index in [0.29, 0.717) is 23.6 Å². The van der Waals surface area contributed by atoms with Crippen molar-refractivity contribution in [2.75, 3.05) is 0 Å². The van der Waals surface area contributed by atoms with Crippen LogP contribution in [0.1, 0.15) is 52.0 Å². The van der Waals surface area contributed by atoms with Gasteiger partial charge in [-0.05, 0) is 60.8 Å². The van der Waals surface area contributed by atoms with Crippen molar-refractivity contribution < 1.29 is 9.63 Å². The Morgan fingerprint density at radius 3 is 2.62 bits per heavy atom. The van der Waals surface area contributed by atoms with Crippen LogP contribution in [-0.2, 0) is 16.2 Å². The Hall–Kier alpha value is -1.88. The fraction of sp³-hybridized carbons (Fsp3) is 0.579. The van der Waals surface area contributed by atoms with Gasteiger partial charge in [-0.2, -0.15) is 0 Å². The molecule has 5 nitrogen and oxygen atoms in total. The van der Waals surface area contributed by atoms with Crippen LogP contribution in [0.2, 0.25) is 0 Å². The van der Waals surface area contributed by atoms with Crippen LogP contribution >= 0.6 is 0 Å². The number of hydrogen-bond donors (Lipinski definition) is 2. The van der Waals surface area contributed by atoms with E-state index in [0.717, 1.165) is 31.2 Å². The maximum absolute atomic E-state index is 12.3. The standard InChI is InChI=1S/C19H27N3O2/c1-18(2,3)15-4-8-19(9-5-15)12-16(22-24-19)17(23)21-13-14-6-10-20-11-7-14/h6-7,10-12,15,22H,4-5,8-9,13H2,1-3H3,(H,21,23). The summed E-state index contributed by atoms with van der Waals surface area (Å²) in [4.78, 5) is 22.1. The third-order valence-corrected chi connectivity index (χ3v) is 5.28. The fourth-order valence-corrected chi connectivity index (χ4v) is 3.59. The summed E-state index contributed by atoms with van der Waals surface area (Å²) in [6, 6.07) is 3.78. The summed E-state index contributed by atoms with van der Waals surface area (Å²) < 4.78 is 0. The lowest BCUT2D eigenvalue weighted by Gasteiger charge is -2.40. The van der Waals surface area contributed by atoms with Crippen LogP contribution in [0.15, 0.2) is 36.3 Å².